The maximum atomic E-state index is 6.14. The lowest BCUT2D eigenvalue weighted by atomic mass is 10.1. The van der Waals surface area contributed by atoms with Crippen LogP contribution in [0.25, 0.3) is 0 Å². The van der Waals surface area contributed by atoms with Crippen LogP contribution < -0.4 is 10.2 Å². The Kier molecular flexibility index (Phi) is 2.97. The molecule has 2 atom stereocenters. The fraction of sp³-hybridized carbons (Fsp3) is 0.615. The van der Waals surface area contributed by atoms with E-state index in [0.29, 0.717) is 0 Å². The van der Waals surface area contributed by atoms with E-state index in [4.69, 9.17) is 11.6 Å². The summed E-state index contributed by atoms with van der Waals surface area (Å²) in [6.45, 7) is 1.98. The van der Waals surface area contributed by atoms with Crippen molar-refractivity contribution >= 4 is 17.4 Å². The van der Waals surface area contributed by atoms with Gasteiger partial charge in [0.05, 0.1) is 5.02 Å². The number of nitrogens with one attached hydrogen (secondary N) is 1. The third-order valence-electron chi connectivity index (χ3n) is 3.99. The van der Waals surface area contributed by atoms with Crippen LogP contribution in [0.2, 0.25) is 5.02 Å². The lowest BCUT2D eigenvalue weighted by molar-refractivity contribution is 0.550. The summed E-state index contributed by atoms with van der Waals surface area (Å²) in [7, 11) is 1.94. The van der Waals surface area contributed by atoms with E-state index in [0.717, 1.165) is 34.9 Å². The maximum Gasteiger partial charge on any atom is 0.129 e. The number of anilines is 1. The third-order valence-corrected chi connectivity index (χ3v) is 4.33. The van der Waals surface area contributed by atoms with Crippen LogP contribution in [-0.4, -0.2) is 24.6 Å². The highest BCUT2D eigenvalue weighted by Crippen LogP contribution is 2.39. The molecule has 3 nitrogen and oxygen atoms in total. The zero-order valence-corrected chi connectivity index (χ0v) is 10.9. The number of rotatable bonds is 3. The van der Waals surface area contributed by atoms with Crippen LogP contribution >= 0.6 is 11.6 Å². The number of hydrogen-bond acceptors (Lipinski definition) is 3. The molecule has 1 aliphatic heterocycles. The first-order chi connectivity index (χ1) is 8.28. The fourth-order valence-corrected chi connectivity index (χ4v) is 3.33. The standard InChI is InChI=1S/C13H18ClN3/c1-15-6-10-5-13(16-7-12(10)14)17-8-9-2-3-11(17)4-9/h5,7,9,11,15H,2-4,6,8H2,1H3. The van der Waals surface area contributed by atoms with Crippen LogP contribution in [0.1, 0.15) is 24.8 Å². The molecular formula is C13H18ClN3. The van der Waals surface area contributed by atoms with Gasteiger partial charge in [0, 0.05) is 25.3 Å². The molecule has 17 heavy (non-hydrogen) atoms. The summed E-state index contributed by atoms with van der Waals surface area (Å²) in [6, 6.07) is 2.86. The van der Waals surface area contributed by atoms with Crippen LogP contribution in [0, 0.1) is 5.92 Å². The molecule has 1 saturated heterocycles. The molecule has 0 radical (unpaired) electrons. The molecule has 2 bridgehead atoms. The van der Waals surface area contributed by atoms with E-state index in [-0.39, 0.29) is 0 Å². The summed E-state index contributed by atoms with van der Waals surface area (Å²) in [4.78, 5) is 6.95. The van der Waals surface area contributed by atoms with Gasteiger partial charge in [0.2, 0.25) is 0 Å². The van der Waals surface area contributed by atoms with Crippen molar-refractivity contribution in [2.45, 2.75) is 31.8 Å². The summed E-state index contributed by atoms with van der Waals surface area (Å²) in [5, 5.41) is 3.90. The average Bonchev–Trinajstić information content (AvgIpc) is 2.94. The molecule has 2 aliphatic rings. The second-order valence-corrected chi connectivity index (χ2v) is 5.56. The van der Waals surface area contributed by atoms with Crippen molar-refractivity contribution in [3.63, 3.8) is 0 Å². The molecule has 0 aromatic carbocycles. The third kappa shape index (κ3) is 2.02. The highest BCUT2D eigenvalue weighted by molar-refractivity contribution is 6.31. The largest absolute Gasteiger partial charge is 0.353 e. The molecule has 2 heterocycles. The van der Waals surface area contributed by atoms with Crippen LogP contribution in [0.3, 0.4) is 0 Å². The number of aromatic nitrogens is 1. The van der Waals surface area contributed by atoms with Gasteiger partial charge in [0.1, 0.15) is 5.82 Å². The fourth-order valence-electron chi connectivity index (χ4n) is 3.16. The Morgan fingerprint density at radius 1 is 1.53 bits per heavy atom. The maximum absolute atomic E-state index is 6.14. The van der Waals surface area contributed by atoms with Crippen molar-refractivity contribution in [3.8, 4) is 0 Å². The Morgan fingerprint density at radius 2 is 2.41 bits per heavy atom. The first-order valence-electron chi connectivity index (χ1n) is 6.33. The molecule has 1 aliphatic carbocycles. The Bertz CT molecular complexity index is 421. The number of nitrogens with zero attached hydrogens (tertiary/aromatic N) is 2. The quantitative estimate of drug-likeness (QED) is 0.895. The monoisotopic (exact) mass is 251 g/mol. The summed E-state index contributed by atoms with van der Waals surface area (Å²) >= 11 is 6.14. The molecule has 2 fully saturated rings. The van der Waals surface area contributed by atoms with Gasteiger partial charge in [-0.05, 0) is 43.9 Å². The predicted molar refractivity (Wildman–Crippen MR) is 70.5 cm³/mol. The molecule has 0 amide bonds. The first kappa shape index (κ1) is 11.3. The Balaban J connectivity index is 1.85. The molecule has 92 valence electrons. The Hall–Kier alpha value is -0.800. The van der Waals surface area contributed by atoms with Gasteiger partial charge < -0.3 is 10.2 Å². The minimum absolute atomic E-state index is 0.719. The molecule has 2 unspecified atom stereocenters. The van der Waals surface area contributed by atoms with E-state index in [1.54, 1.807) is 6.20 Å². The van der Waals surface area contributed by atoms with Crippen molar-refractivity contribution < 1.29 is 0 Å². The molecule has 1 aromatic heterocycles. The van der Waals surface area contributed by atoms with Crippen molar-refractivity contribution in [2.24, 2.45) is 5.92 Å². The van der Waals surface area contributed by atoms with Gasteiger partial charge in [-0.25, -0.2) is 4.98 Å². The van der Waals surface area contributed by atoms with Gasteiger partial charge in [-0.1, -0.05) is 11.6 Å². The molecule has 4 heteroatoms. The minimum atomic E-state index is 0.719. The normalized spacial score (nSPS) is 26.8. The molecule has 3 rings (SSSR count). The number of fused-ring (bicyclic) bond motifs is 2. The zero-order chi connectivity index (χ0) is 11.8. The van der Waals surface area contributed by atoms with E-state index in [2.05, 4.69) is 21.3 Å². The van der Waals surface area contributed by atoms with Gasteiger partial charge in [0.25, 0.3) is 0 Å². The number of pyridine rings is 1. The van der Waals surface area contributed by atoms with Gasteiger partial charge in [-0.2, -0.15) is 0 Å². The smallest absolute Gasteiger partial charge is 0.129 e. The average molecular weight is 252 g/mol. The summed E-state index contributed by atoms with van der Waals surface area (Å²) < 4.78 is 0. The van der Waals surface area contributed by atoms with Crippen LogP contribution in [-0.2, 0) is 6.54 Å². The van der Waals surface area contributed by atoms with Crippen LogP contribution in [0.15, 0.2) is 12.3 Å². The second-order valence-electron chi connectivity index (χ2n) is 5.15. The van der Waals surface area contributed by atoms with E-state index in [1.165, 1.54) is 25.8 Å². The van der Waals surface area contributed by atoms with Crippen molar-refractivity contribution in [1.29, 1.82) is 0 Å². The van der Waals surface area contributed by atoms with Gasteiger partial charge in [-0.3, -0.25) is 0 Å². The van der Waals surface area contributed by atoms with E-state index in [9.17, 15) is 0 Å². The molecule has 0 spiro atoms. The van der Waals surface area contributed by atoms with E-state index >= 15 is 0 Å². The van der Waals surface area contributed by atoms with Gasteiger partial charge in [0.15, 0.2) is 0 Å². The summed E-state index contributed by atoms with van der Waals surface area (Å²) in [5.41, 5.74) is 1.14. The molecule has 1 aromatic rings. The second kappa shape index (κ2) is 4.46. The highest BCUT2D eigenvalue weighted by Gasteiger charge is 2.38. The SMILES string of the molecule is CNCc1cc(N2CC3CCC2C3)ncc1Cl. The lowest BCUT2D eigenvalue weighted by Gasteiger charge is -2.28. The van der Waals surface area contributed by atoms with Crippen molar-refractivity contribution in [1.82, 2.24) is 10.3 Å². The summed E-state index contributed by atoms with van der Waals surface area (Å²) in [6.07, 6.45) is 5.87. The highest BCUT2D eigenvalue weighted by atomic mass is 35.5. The van der Waals surface area contributed by atoms with Gasteiger partial charge in [-0.15, -0.1) is 0 Å². The first-order valence-corrected chi connectivity index (χ1v) is 6.71. The van der Waals surface area contributed by atoms with Crippen molar-refractivity contribution in [2.75, 3.05) is 18.5 Å². The topological polar surface area (TPSA) is 28.2 Å². The minimum Gasteiger partial charge on any atom is -0.353 e. The summed E-state index contributed by atoms with van der Waals surface area (Å²) in [5.74, 6) is 2.00. The number of hydrogen-bond donors (Lipinski definition) is 1. The van der Waals surface area contributed by atoms with Gasteiger partial charge >= 0.3 is 0 Å². The Labute approximate surface area is 107 Å². The van der Waals surface area contributed by atoms with Crippen LogP contribution in [0.4, 0.5) is 5.82 Å². The van der Waals surface area contributed by atoms with E-state index in [1.807, 2.05) is 7.05 Å². The van der Waals surface area contributed by atoms with E-state index < -0.39 is 0 Å². The molecular weight excluding hydrogens is 234 g/mol. The molecule has 1 saturated carbocycles. The van der Waals surface area contributed by atoms with Crippen molar-refractivity contribution in [3.05, 3.63) is 22.8 Å². The van der Waals surface area contributed by atoms with Crippen LogP contribution in [0.5, 0.6) is 0 Å². The number of halogens is 1. The Morgan fingerprint density at radius 3 is 3.06 bits per heavy atom. The predicted octanol–water partition coefficient (Wildman–Crippen LogP) is 2.44. The molecule has 1 N–H and O–H groups in total. The zero-order valence-electron chi connectivity index (χ0n) is 10.1. The lowest BCUT2D eigenvalue weighted by Crippen LogP contribution is -2.32. The number of piperidine rings is 1.